The zero-order chi connectivity index (χ0) is 11.4. The number of ether oxygens (including phenoxy) is 1. The Labute approximate surface area is 96.9 Å². The van der Waals surface area contributed by atoms with Crippen molar-refractivity contribution < 1.29 is 9.53 Å². The van der Waals surface area contributed by atoms with Crippen molar-refractivity contribution in [2.75, 3.05) is 6.54 Å². The van der Waals surface area contributed by atoms with Gasteiger partial charge in [-0.1, -0.05) is 19.3 Å². The van der Waals surface area contributed by atoms with Crippen molar-refractivity contribution in [1.82, 2.24) is 5.32 Å². The summed E-state index contributed by atoms with van der Waals surface area (Å²) >= 11 is 0. The van der Waals surface area contributed by atoms with Crippen molar-refractivity contribution in [2.24, 2.45) is 5.73 Å². The Kier molecular flexibility index (Phi) is 4.18. The van der Waals surface area contributed by atoms with Crippen LogP contribution in [0.3, 0.4) is 0 Å². The molecule has 4 heteroatoms. The lowest BCUT2D eigenvalue weighted by Crippen LogP contribution is -2.42. The first-order valence-corrected chi connectivity index (χ1v) is 6.45. The van der Waals surface area contributed by atoms with Crippen LogP contribution in [0.4, 0.5) is 0 Å². The first-order chi connectivity index (χ1) is 7.79. The second kappa shape index (κ2) is 5.64. The number of nitrogens with one attached hydrogen (secondary N) is 1. The smallest absolute Gasteiger partial charge is 0.249 e. The first kappa shape index (κ1) is 11.9. The maximum atomic E-state index is 11.9. The van der Waals surface area contributed by atoms with Gasteiger partial charge in [-0.15, -0.1) is 0 Å². The third-order valence-corrected chi connectivity index (χ3v) is 3.61. The van der Waals surface area contributed by atoms with Crippen LogP contribution in [-0.4, -0.2) is 30.7 Å². The Bertz CT molecular complexity index is 239. The molecule has 2 fully saturated rings. The van der Waals surface area contributed by atoms with Crippen LogP contribution in [0.15, 0.2) is 0 Å². The molecule has 3 N–H and O–H groups in total. The van der Waals surface area contributed by atoms with Crippen LogP contribution < -0.4 is 11.1 Å². The maximum absolute atomic E-state index is 11.9. The summed E-state index contributed by atoms with van der Waals surface area (Å²) < 4.78 is 5.58. The molecule has 0 aromatic rings. The van der Waals surface area contributed by atoms with E-state index in [1.807, 2.05) is 0 Å². The fraction of sp³-hybridized carbons (Fsp3) is 0.917. The van der Waals surface area contributed by atoms with E-state index >= 15 is 0 Å². The normalized spacial score (nSPS) is 31.6. The molecule has 1 aliphatic carbocycles. The zero-order valence-corrected chi connectivity index (χ0v) is 9.78. The van der Waals surface area contributed by atoms with Gasteiger partial charge in [-0.05, 0) is 25.7 Å². The van der Waals surface area contributed by atoms with Crippen LogP contribution >= 0.6 is 0 Å². The van der Waals surface area contributed by atoms with Crippen LogP contribution in [-0.2, 0) is 9.53 Å². The van der Waals surface area contributed by atoms with Gasteiger partial charge in [0.2, 0.25) is 5.91 Å². The zero-order valence-electron chi connectivity index (χ0n) is 9.78. The summed E-state index contributed by atoms with van der Waals surface area (Å²) in [6.07, 6.45) is 7.60. The monoisotopic (exact) mass is 226 g/mol. The number of hydrogen-bond donors (Lipinski definition) is 2. The minimum atomic E-state index is -0.254. The van der Waals surface area contributed by atoms with Crippen LogP contribution in [0.25, 0.3) is 0 Å². The molecule has 0 spiro atoms. The molecule has 0 bridgehead atoms. The predicted octanol–water partition coefficient (Wildman–Crippen LogP) is 0.942. The molecule has 2 aliphatic rings. The van der Waals surface area contributed by atoms with Gasteiger partial charge >= 0.3 is 0 Å². The standard InChI is InChI=1S/C12H22N2O2/c13-8-10-6-7-11(16-10)12(15)14-9-4-2-1-3-5-9/h9-11H,1-8,13H2,(H,14,15). The van der Waals surface area contributed by atoms with Gasteiger partial charge in [-0.2, -0.15) is 0 Å². The highest BCUT2D eigenvalue weighted by Gasteiger charge is 2.31. The van der Waals surface area contributed by atoms with E-state index in [0.29, 0.717) is 12.6 Å². The Morgan fingerprint density at radius 2 is 1.94 bits per heavy atom. The van der Waals surface area contributed by atoms with E-state index in [1.54, 1.807) is 0 Å². The minimum absolute atomic E-state index is 0.0721. The van der Waals surface area contributed by atoms with Gasteiger partial charge in [0.15, 0.2) is 0 Å². The van der Waals surface area contributed by atoms with E-state index in [2.05, 4.69) is 5.32 Å². The Balaban J connectivity index is 1.75. The van der Waals surface area contributed by atoms with Gasteiger partial charge in [-0.3, -0.25) is 4.79 Å². The highest BCUT2D eigenvalue weighted by molar-refractivity contribution is 5.81. The summed E-state index contributed by atoms with van der Waals surface area (Å²) in [7, 11) is 0. The van der Waals surface area contributed by atoms with Gasteiger partial charge < -0.3 is 15.8 Å². The lowest BCUT2D eigenvalue weighted by atomic mass is 9.95. The molecule has 92 valence electrons. The number of rotatable bonds is 3. The number of carbonyl (C=O) groups excluding carboxylic acids is 1. The summed E-state index contributed by atoms with van der Waals surface area (Å²) in [5, 5.41) is 3.10. The molecule has 1 saturated heterocycles. The van der Waals surface area contributed by atoms with E-state index in [1.165, 1.54) is 19.3 Å². The molecule has 1 amide bonds. The average molecular weight is 226 g/mol. The largest absolute Gasteiger partial charge is 0.364 e. The van der Waals surface area contributed by atoms with Gasteiger partial charge in [0.05, 0.1) is 6.10 Å². The molecular formula is C12H22N2O2. The van der Waals surface area contributed by atoms with Crippen molar-refractivity contribution in [1.29, 1.82) is 0 Å². The molecule has 1 aliphatic heterocycles. The maximum Gasteiger partial charge on any atom is 0.249 e. The summed E-state index contributed by atoms with van der Waals surface area (Å²) in [6, 6.07) is 0.377. The topological polar surface area (TPSA) is 64.4 Å². The summed E-state index contributed by atoms with van der Waals surface area (Å²) in [5.41, 5.74) is 5.52. The van der Waals surface area contributed by atoms with Crippen molar-refractivity contribution >= 4 is 5.91 Å². The number of hydrogen-bond acceptors (Lipinski definition) is 3. The summed E-state index contributed by atoms with van der Waals surface area (Å²) in [6.45, 7) is 0.521. The van der Waals surface area contributed by atoms with Gasteiger partial charge in [0, 0.05) is 12.6 Å². The molecule has 2 unspecified atom stereocenters. The second-order valence-corrected chi connectivity index (χ2v) is 4.90. The van der Waals surface area contributed by atoms with E-state index < -0.39 is 0 Å². The Morgan fingerprint density at radius 1 is 1.19 bits per heavy atom. The van der Waals surface area contributed by atoms with Crippen LogP contribution in [0.1, 0.15) is 44.9 Å². The SMILES string of the molecule is NCC1CCC(C(=O)NC2CCCCC2)O1. The van der Waals surface area contributed by atoms with Crippen LogP contribution in [0, 0.1) is 0 Å². The molecule has 0 radical (unpaired) electrons. The van der Waals surface area contributed by atoms with Crippen molar-refractivity contribution in [3.8, 4) is 0 Å². The quantitative estimate of drug-likeness (QED) is 0.753. The molecule has 1 saturated carbocycles. The van der Waals surface area contributed by atoms with Crippen molar-refractivity contribution in [3.05, 3.63) is 0 Å². The summed E-state index contributed by atoms with van der Waals surface area (Å²) in [4.78, 5) is 11.9. The van der Waals surface area contributed by atoms with Gasteiger partial charge in [0.25, 0.3) is 0 Å². The van der Waals surface area contributed by atoms with Crippen LogP contribution in [0.5, 0.6) is 0 Å². The lowest BCUT2D eigenvalue weighted by Gasteiger charge is -2.24. The molecule has 16 heavy (non-hydrogen) atoms. The lowest BCUT2D eigenvalue weighted by molar-refractivity contribution is -0.132. The second-order valence-electron chi connectivity index (χ2n) is 4.90. The third-order valence-electron chi connectivity index (χ3n) is 3.61. The Hall–Kier alpha value is -0.610. The molecule has 0 aromatic carbocycles. The number of carbonyl (C=O) groups is 1. The van der Waals surface area contributed by atoms with Crippen LogP contribution in [0.2, 0.25) is 0 Å². The number of amides is 1. The average Bonchev–Trinajstić information content (AvgIpc) is 2.79. The highest BCUT2D eigenvalue weighted by Crippen LogP contribution is 2.21. The minimum Gasteiger partial charge on any atom is -0.364 e. The molecule has 4 nitrogen and oxygen atoms in total. The first-order valence-electron chi connectivity index (χ1n) is 6.45. The molecule has 0 aromatic heterocycles. The summed E-state index contributed by atoms with van der Waals surface area (Å²) in [5.74, 6) is 0.0721. The Morgan fingerprint density at radius 3 is 2.56 bits per heavy atom. The van der Waals surface area contributed by atoms with Gasteiger partial charge in [-0.25, -0.2) is 0 Å². The van der Waals surface area contributed by atoms with E-state index in [4.69, 9.17) is 10.5 Å². The highest BCUT2D eigenvalue weighted by atomic mass is 16.5. The molecule has 2 atom stereocenters. The molecule has 1 heterocycles. The molecular weight excluding hydrogens is 204 g/mol. The van der Waals surface area contributed by atoms with Crippen molar-refractivity contribution in [2.45, 2.75) is 63.2 Å². The van der Waals surface area contributed by atoms with E-state index in [-0.39, 0.29) is 18.1 Å². The number of nitrogens with two attached hydrogens (primary N) is 1. The van der Waals surface area contributed by atoms with Gasteiger partial charge in [0.1, 0.15) is 6.10 Å². The predicted molar refractivity (Wildman–Crippen MR) is 62.0 cm³/mol. The third kappa shape index (κ3) is 2.95. The molecule has 2 rings (SSSR count). The fourth-order valence-electron chi connectivity index (χ4n) is 2.61. The fourth-order valence-corrected chi connectivity index (χ4v) is 2.61. The van der Waals surface area contributed by atoms with E-state index in [0.717, 1.165) is 25.7 Å². The van der Waals surface area contributed by atoms with Crippen molar-refractivity contribution in [3.63, 3.8) is 0 Å². The van der Waals surface area contributed by atoms with E-state index in [9.17, 15) is 4.79 Å².